The van der Waals surface area contributed by atoms with Crippen LogP contribution in [0, 0.1) is 0 Å². The summed E-state index contributed by atoms with van der Waals surface area (Å²) in [5.74, 6) is 0.485. The number of likely N-dealkylation sites (N-methyl/N-ethyl adjacent to an activating group) is 1. The van der Waals surface area contributed by atoms with E-state index in [2.05, 4.69) is 27.4 Å². The third-order valence-corrected chi connectivity index (χ3v) is 2.93. The van der Waals surface area contributed by atoms with Crippen LogP contribution in [0.1, 0.15) is 24.2 Å². The Balaban J connectivity index is 2.61. The Morgan fingerprint density at radius 1 is 1.42 bits per heavy atom. The normalized spacial score (nSPS) is 10.6. The van der Waals surface area contributed by atoms with Gasteiger partial charge in [0.25, 0.3) is 5.91 Å². The largest absolute Gasteiger partial charge is 0.370 e. The van der Waals surface area contributed by atoms with Gasteiger partial charge in [-0.15, -0.1) is 0 Å². The van der Waals surface area contributed by atoms with Crippen LogP contribution < -0.4 is 10.6 Å². The number of pyridine rings is 1. The molecule has 0 atom stereocenters. The Labute approximate surface area is 119 Å². The van der Waals surface area contributed by atoms with E-state index in [1.807, 2.05) is 14.0 Å². The first kappa shape index (κ1) is 15.7. The van der Waals surface area contributed by atoms with E-state index in [4.69, 9.17) is 11.6 Å². The van der Waals surface area contributed by atoms with E-state index in [-0.39, 0.29) is 5.91 Å². The predicted molar refractivity (Wildman–Crippen MR) is 78.9 cm³/mol. The monoisotopic (exact) mass is 284 g/mol. The lowest BCUT2D eigenvalue weighted by atomic mass is 10.2. The molecule has 19 heavy (non-hydrogen) atoms. The Kier molecular flexibility index (Phi) is 6.59. The van der Waals surface area contributed by atoms with Gasteiger partial charge in [0, 0.05) is 25.2 Å². The maximum absolute atomic E-state index is 12.0. The highest BCUT2D eigenvalue weighted by Crippen LogP contribution is 2.14. The number of hydrogen-bond donors (Lipinski definition) is 2. The third kappa shape index (κ3) is 5.44. The van der Waals surface area contributed by atoms with Crippen molar-refractivity contribution in [1.29, 1.82) is 0 Å². The molecule has 1 aromatic rings. The molecule has 1 heterocycles. The van der Waals surface area contributed by atoms with Crippen LogP contribution in [0.15, 0.2) is 12.1 Å². The quantitative estimate of drug-likeness (QED) is 0.750. The van der Waals surface area contributed by atoms with Gasteiger partial charge in [-0.1, -0.05) is 18.5 Å². The van der Waals surface area contributed by atoms with E-state index in [0.717, 1.165) is 19.6 Å². The zero-order valence-corrected chi connectivity index (χ0v) is 12.4. The van der Waals surface area contributed by atoms with Crippen molar-refractivity contribution in [2.45, 2.75) is 13.8 Å². The third-order valence-electron chi connectivity index (χ3n) is 2.73. The van der Waals surface area contributed by atoms with Crippen LogP contribution in [-0.4, -0.2) is 49.0 Å². The summed E-state index contributed by atoms with van der Waals surface area (Å²) in [7, 11) is 2.01. The average Bonchev–Trinajstić information content (AvgIpc) is 2.38. The van der Waals surface area contributed by atoms with Crippen LogP contribution >= 0.6 is 11.6 Å². The van der Waals surface area contributed by atoms with Crippen LogP contribution in [0.2, 0.25) is 5.15 Å². The molecule has 2 N–H and O–H groups in total. The minimum Gasteiger partial charge on any atom is -0.370 e. The summed E-state index contributed by atoms with van der Waals surface area (Å²) in [6.45, 7) is 7.16. The molecule has 0 saturated carbocycles. The SMILES string of the molecule is CCNc1cc(C(=O)NCCN(C)CC)cc(Cl)n1. The van der Waals surface area contributed by atoms with Gasteiger partial charge in [-0.05, 0) is 32.6 Å². The second-order valence-electron chi connectivity index (χ2n) is 4.25. The highest BCUT2D eigenvalue weighted by molar-refractivity contribution is 6.29. The zero-order valence-electron chi connectivity index (χ0n) is 11.7. The Hall–Kier alpha value is -1.33. The van der Waals surface area contributed by atoms with Crippen LogP contribution in [0.3, 0.4) is 0 Å². The summed E-state index contributed by atoms with van der Waals surface area (Å²) in [5, 5.41) is 6.22. The van der Waals surface area contributed by atoms with Crippen LogP contribution in [0.4, 0.5) is 5.82 Å². The zero-order chi connectivity index (χ0) is 14.3. The number of anilines is 1. The molecule has 0 saturated heterocycles. The van der Waals surface area contributed by atoms with Crippen molar-refractivity contribution in [3.63, 3.8) is 0 Å². The molecule has 5 nitrogen and oxygen atoms in total. The molecule has 1 rings (SSSR count). The number of halogens is 1. The van der Waals surface area contributed by atoms with Crippen molar-refractivity contribution in [3.8, 4) is 0 Å². The summed E-state index contributed by atoms with van der Waals surface area (Å²) >= 11 is 5.90. The summed E-state index contributed by atoms with van der Waals surface area (Å²) in [4.78, 5) is 18.2. The molecular weight excluding hydrogens is 264 g/mol. The molecule has 6 heteroatoms. The molecule has 1 amide bonds. The van der Waals surface area contributed by atoms with Gasteiger partial charge in [0.15, 0.2) is 0 Å². The lowest BCUT2D eigenvalue weighted by molar-refractivity contribution is 0.0950. The topological polar surface area (TPSA) is 57.3 Å². The number of rotatable bonds is 7. The number of amides is 1. The van der Waals surface area contributed by atoms with Crippen molar-refractivity contribution in [2.75, 3.05) is 38.5 Å². The lowest BCUT2D eigenvalue weighted by Gasteiger charge is -2.14. The highest BCUT2D eigenvalue weighted by atomic mass is 35.5. The molecule has 1 aromatic heterocycles. The number of aromatic nitrogens is 1. The maximum atomic E-state index is 12.0. The van der Waals surface area contributed by atoms with Crippen molar-refractivity contribution in [2.24, 2.45) is 0 Å². The minimum atomic E-state index is -0.132. The molecule has 0 aliphatic heterocycles. The average molecular weight is 285 g/mol. The van der Waals surface area contributed by atoms with Crippen LogP contribution in [0.5, 0.6) is 0 Å². The summed E-state index contributed by atoms with van der Waals surface area (Å²) < 4.78 is 0. The van der Waals surface area contributed by atoms with Crippen molar-refractivity contribution in [3.05, 3.63) is 22.8 Å². The molecule has 0 radical (unpaired) electrons. The van der Waals surface area contributed by atoms with E-state index in [1.54, 1.807) is 12.1 Å². The van der Waals surface area contributed by atoms with Gasteiger partial charge in [-0.25, -0.2) is 4.98 Å². The van der Waals surface area contributed by atoms with E-state index in [1.165, 1.54) is 0 Å². The lowest BCUT2D eigenvalue weighted by Crippen LogP contribution is -2.32. The molecule has 0 fully saturated rings. The first-order valence-corrected chi connectivity index (χ1v) is 6.82. The Morgan fingerprint density at radius 2 is 2.16 bits per heavy atom. The Morgan fingerprint density at radius 3 is 2.79 bits per heavy atom. The molecule has 0 aliphatic carbocycles. The smallest absolute Gasteiger partial charge is 0.251 e. The maximum Gasteiger partial charge on any atom is 0.251 e. The fourth-order valence-electron chi connectivity index (χ4n) is 1.52. The Bertz CT molecular complexity index is 425. The van der Waals surface area contributed by atoms with Crippen LogP contribution in [-0.2, 0) is 0 Å². The molecule has 106 valence electrons. The molecule has 0 aliphatic rings. The number of hydrogen-bond acceptors (Lipinski definition) is 4. The van der Waals surface area contributed by atoms with E-state index < -0.39 is 0 Å². The second-order valence-corrected chi connectivity index (χ2v) is 4.63. The van der Waals surface area contributed by atoms with Gasteiger partial charge in [-0.3, -0.25) is 4.79 Å². The number of nitrogens with one attached hydrogen (secondary N) is 2. The fourth-order valence-corrected chi connectivity index (χ4v) is 1.73. The first-order chi connectivity index (χ1) is 9.06. The van der Waals surface area contributed by atoms with E-state index in [0.29, 0.717) is 23.1 Å². The van der Waals surface area contributed by atoms with Gasteiger partial charge in [0.05, 0.1) is 0 Å². The number of nitrogens with zero attached hydrogens (tertiary/aromatic N) is 2. The van der Waals surface area contributed by atoms with E-state index in [9.17, 15) is 4.79 Å². The van der Waals surface area contributed by atoms with Crippen LogP contribution in [0.25, 0.3) is 0 Å². The van der Waals surface area contributed by atoms with Gasteiger partial charge < -0.3 is 15.5 Å². The molecule has 0 spiro atoms. The van der Waals surface area contributed by atoms with E-state index >= 15 is 0 Å². The number of carbonyl (C=O) groups is 1. The van der Waals surface area contributed by atoms with Gasteiger partial charge in [-0.2, -0.15) is 0 Å². The van der Waals surface area contributed by atoms with Gasteiger partial charge >= 0.3 is 0 Å². The number of carbonyl (C=O) groups excluding carboxylic acids is 1. The van der Waals surface area contributed by atoms with Crippen molar-refractivity contribution >= 4 is 23.3 Å². The molecule has 0 unspecified atom stereocenters. The fraction of sp³-hybridized carbons (Fsp3) is 0.538. The predicted octanol–water partition coefficient (Wildman–Crippen LogP) is 1.85. The second kappa shape index (κ2) is 7.96. The summed E-state index contributed by atoms with van der Waals surface area (Å²) in [6, 6.07) is 3.27. The molecular formula is C13H21ClN4O. The summed E-state index contributed by atoms with van der Waals surface area (Å²) in [6.07, 6.45) is 0. The van der Waals surface area contributed by atoms with Crippen molar-refractivity contribution in [1.82, 2.24) is 15.2 Å². The highest BCUT2D eigenvalue weighted by Gasteiger charge is 2.09. The molecule has 0 aromatic carbocycles. The molecule has 0 bridgehead atoms. The summed E-state index contributed by atoms with van der Waals surface area (Å²) in [5.41, 5.74) is 0.523. The standard InChI is InChI=1S/C13H21ClN4O/c1-4-15-12-9-10(8-11(14)17-12)13(19)16-6-7-18(3)5-2/h8-9H,4-7H2,1-3H3,(H,15,17)(H,16,19). The van der Waals surface area contributed by atoms with Gasteiger partial charge in [0.2, 0.25) is 0 Å². The first-order valence-electron chi connectivity index (χ1n) is 6.45. The van der Waals surface area contributed by atoms with Gasteiger partial charge in [0.1, 0.15) is 11.0 Å². The van der Waals surface area contributed by atoms with Crippen molar-refractivity contribution < 1.29 is 4.79 Å². The minimum absolute atomic E-state index is 0.132.